The average Bonchev–Trinajstić information content (AvgIpc) is 2.50. The molecule has 8 nitrogen and oxygen atoms in total. The Labute approximate surface area is 130 Å². The Bertz CT molecular complexity index is 512. The molecule has 5 N–H and O–H groups in total. The normalized spacial score (nSPS) is 31.6. The third-order valence-corrected chi connectivity index (χ3v) is 3.41. The molecule has 0 aromatic heterocycles. The van der Waals surface area contributed by atoms with Crippen LogP contribution in [0.15, 0.2) is 24.3 Å². The van der Waals surface area contributed by atoms with E-state index in [1.807, 2.05) is 0 Å². The number of nitrogens with one attached hydrogen (secondary N) is 1. The standard InChI is InChI=1S/C13H16ClNO7/c14-6-1-3-7(4-2-6)15-13(20)21-5-8-9(16)10(17)11(18)12(19)22-8/h1-4,8-12,16-19H,5H2,(H,15,20)/t8-,9+,10+,11-,12+/m1/s1. The van der Waals surface area contributed by atoms with Crippen molar-refractivity contribution in [3.8, 4) is 0 Å². The lowest BCUT2D eigenvalue weighted by Gasteiger charge is -2.37. The highest BCUT2D eigenvalue weighted by Crippen LogP contribution is 2.20. The summed E-state index contributed by atoms with van der Waals surface area (Å²) in [6.07, 6.45) is -8.38. The topological polar surface area (TPSA) is 128 Å². The summed E-state index contributed by atoms with van der Waals surface area (Å²) in [6, 6.07) is 6.30. The molecule has 1 heterocycles. The van der Waals surface area contributed by atoms with Crippen molar-refractivity contribution in [3.05, 3.63) is 29.3 Å². The Morgan fingerprint density at radius 1 is 1.14 bits per heavy atom. The van der Waals surface area contributed by atoms with Crippen molar-refractivity contribution in [2.75, 3.05) is 11.9 Å². The van der Waals surface area contributed by atoms with E-state index in [0.717, 1.165) is 0 Å². The third kappa shape index (κ3) is 4.07. The van der Waals surface area contributed by atoms with Gasteiger partial charge in [-0.3, -0.25) is 5.32 Å². The molecule has 1 aliphatic heterocycles. The summed E-state index contributed by atoms with van der Waals surface area (Å²) >= 11 is 5.71. The van der Waals surface area contributed by atoms with Crippen LogP contribution in [0.5, 0.6) is 0 Å². The zero-order valence-corrected chi connectivity index (χ0v) is 12.1. The lowest BCUT2D eigenvalue weighted by molar-refractivity contribution is -0.286. The molecule has 0 unspecified atom stereocenters. The molecule has 0 aliphatic carbocycles. The molecule has 0 saturated carbocycles. The molecule has 122 valence electrons. The van der Waals surface area contributed by atoms with E-state index < -0.39 is 43.4 Å². The lowest BCUT2D eigenvalue weighted by atomic mass is 9.99. The van der Waals surface area contributed by atoms with Crippen molar-refractivity contribution in [1.29, 1.82) is 0 Å². The minimum Gasteiger partial charge on any atom is -0.446 e. The van der Waals surface area contributed by atoms with E-state index in [2.05, 4.69) is 5.32 Å². The molecule has 1 amide bonds. The second-order valence-corrected chi connectivity index (χ2v) is 5.20. The van der Waals surface area contributed by atoms with Gasteiger partial charge in [-0.15, -0.1) is 0 Å². The molecule has 1 saturated heterocycles. The van der Waals surface area contributed by atoms with Gasteiger partial charge in [0, 0.05) is 10.7 Å². The van der Waals surface area contributed by atoms with Crippen LogP contribution in [0, 0.1) is 0 Å². The Hall–Kier alpha value is -1.42. The minimum absolute atomic E-state index is 0.415. The molecule has 0 bridgehead atoms. The number of benzene rings is 1. The number of aliphatic hydroxyl groups is 4. The number of halogens is 1. The van der Waals surface area contributed by atoms with Crippen LogP contribution in [0.25, 0.3) is 0 Å². The summed E-state index contributed by atoms with van der Waals surface area (Å²) in [5, 5.41) is 40.8. The van der Waals surface area contributed by atoms with Crippen molar-refractivity contribution in [3.63, 3.8) is 0 Å². The molecular formula is C13H16ClNO7. The van der Waals surface area contributed by atoms with E-state index in [4.69, 9.17) is 21.1 Å². The summed E-state index contributed by atoms with van der Waals surface area (Å²) in [7, 11) is 0. The van der Waals surface area contributed by atoms with Crippen molar-refractivity contribution in [1.82, 2.24) is 0 Å². The van der Waals surface area contributed by atoms with Crippen LogP contribution in [-0.2, 0) is 9.47 Å². The molecular weight excluding hydrogens is 318 g/mol. The maximum atomic E-state index is 11.6. The summed E-state index contributed by atoms with van der Waals surface area (Å²) in [4.78, 5) is 11.6. The van der Waals surface area contributed by atoms with Gasteiger partial charge < -0.3 is 29.9 Å². The monoisotopic (exact) mass is 333 g/mol. The maximum Gasteiger partial charge on any atom is 0.411 e. The fourth-order valence-corrected chi connectivity index (χ4v) is 2.04. The number of carbonyl (C=O) groups is 1. The quantitative estimate of drug-likeness (QED) is 0.513. The largest absolute Gasteiger partial charge is 0.446 e. The Balaban J connectivity index is 1.84. The zero-order chi connectivity index (χ0) is 16.3. The average molecular weight is 334 g/mol. The Morgan fingerprint density at radius 2 is 1.77 bits per heavy atom. The fraction of sp³-hybridized carbons (Fsp3) is 0.462. The smallest absolute Gasteiger partial charge is 0.411 e. The summed E-state index contributed by atoms with van der Waals surface area (Å²) in [6.45, 7) is -0.415. The van der Waals surface area contributed by atoms with E-state index in [0.29, 0.717) is 10.7 Å². The number of amides is 1. The van der Waals surface area contributed by atoms with Crippen LogP contribution in [0.2, 0.25) is 5.02 Å². The lowest BCUT2D eigenvalue weighted by Crippen LogP contribution is -2.58. The predicted octanol–water partition coefficient (Wildman–Crippen LogP) is -0.312. The van der Waals surface area contributed by atoms with Crippen molar-refractivity contribution in [2.24, 2.45) is 0 Å². The molecule has 0 radical (unpaired) electrons. The van der Waals surface area contributed by atoms with E-state index in [1.54, 1.807) is 24.3 Å². The number of rotatable bonds is 3. The van der Waals surface area contributed by atoms with Gasteiger partial charge in [0.25, 0.3) is 0 Å². The van der Waals surface area contributed by atoms with Crippen LogP contribution in [-0.4, -0.2) is 63.8 Å². The van der Waals surface area contributed by atoms with Crippen LogP contribution in [0.3, 0.4) is 0 Å². The van der Waals surface area contributed by atoms with Crippen LogP contribution >= 0.6 is 11.6 Å². The van der Waals surface area contributed by atoms with Crippen molar-refractivity contribution >= 4 is 23.4 Å². The summed E-state index contributed by atoms with van der Waals surface area (Å²) in [5.41, 5.74) is 0.454. The summed E-state index contributed by atoms with van der Waals surface area (Å²) < 4.78 is 9.72. The molecule has 1 aromatic rings. The highest BCUT2D eigenvalue weighted by atomic mass is 35.5. The number of aliphatic hydroxyl groups excluding tert-OH is 4. The van der Waals surface area contributed by atoms with Gasteiger partial charge in [0.15, 0.2) is 6.29 Å². The molecule has 22 heavy (non-hydrogen) atoms. The first-order valence-electron chi connectivity index (χ1n) is 6.45. The molecule has 1 aromatic carbocycles. The van der Waals surface area contributed by atoms with E-state index in [9.17, 15) is 25.2 Å². The van der Waals surface area contributed by atoms with Gasteiger partial charge in [0.2, 0.25) is 0 Å². The van der Waals surface area contributed by atoms with Crippen molar-refractivity contribution in [2.45, 2.75) is 30.7 Å². The van der Waals surface area contributed by atoms with Gasteiger partial charge in [-0.1, -0.05) is 11.6 Å². The molecule has 9 heteroatoms. The first-order chi connectivity index (χ1) is 10.4. The number of hydrogen-bond donors (Lipinski definition) is 5. The van der Waals surface area contributed by atoms with E-state index in [-0.39, 0.29) is 0 Å². The van der Waals surface area contributed by atoms with Gasteiger partial charge in [0.1, 0.15) is 31.0 Å². The van der Waals surface area contributed by atoms with E-state index >= 15 is 0 Å². The predicted molar refractivity (Wildman–Crippen MR) is 75.3 cm³/mol. The Kier molecular flexibility index (Phi) is 5.57. The first kappa shape index (κ1) is 16.9. The zero-order valence-electron chi connectivity index (χ0n) is 11.3. The minimum atomic E-state index is -1.67. The SMILES string of the molecule is O=C(Nc1ccc(Cl)cc1)OC[C@H]1O[C@H](O)[C@H](O)[C@@H](O)[C@H]1O. The van der Waals surface area contributed by atoms with Gasteiger partial charge >= 0.3 is 6.09 Å². The van der Waals surface area contributed by atoms with Gasteiger partial charge in [-0.05, 0) is 24.3 Å². The molecule has 1 aliphatic rings. The van der Waals surface area contributed by atoms with Crippen molar-refractivity contribution < 1.29 is 34.7 Å². The van der Waals surface area contributed by atoms with Gasteiger partial charge in [-0.2, -0.15) is 0 Å². The number of ether oxygens (including phenoxy) is 2. The van der Waals surface area contributed by atoms with Crippen LogP contribution in [0.1, 0.15) is 0 Å². The molecule has 0 spiro atoms. The Morgan fingerprint density at radius 3 is 2.41 bits per heavy atom. The first-order valence-corrected chi connectivity index (χ1v) is 6.83. The number of carbonyl (C=O) groups excluding carboxylic acids is 1. The number of anilines is 1. The van der Waals surface area contributed by atoms with Crippen LogP contribution < -0.4 is 5.32 Å². The van der Waals surface area contributed by atoms with Crippen LogP contribution in [0.4, 0.5) is 10.5 Å². The maximum absolute atomic E-state index is 11.6. The molecule has 5 atom stereocenters. The second kappa shape index (κ2) is 7.23. The highest BCUT2D eigenvalue weighted by Gasteiger charge is 2.43. The second-order valence-electron chi connectivity index (χ2n) is 4.77. The van der Waals surface area contributed by atoms with Gasteiger partial charge in [0.05, 0.1) is 0 Å². The molecule has 1 fully saturated rings. The number of hydrogen-bond acceptors (Lipinski definition) is 7. The summed E-state index contributed by atoms with van der Waals surface area (Å²) in [5.74, 6) is 0. The van der Waals surface area contributed by atoms with E-state index in [1.165, 1.54) is 0 Å². The molecule has 2 rings (SSSR count). The highest BCUT2D eigenvalue weighted by molar-refractivity contribution is 6.30. The van der Waals surface area contributed by atoms with Gasteiger partial charge in [-0.25, -0.2) is 4.79 Å². The fourth-order valence-electron chi connectivity index (χ4n) is 1.91. The third-order valence-electron chi connectivity index (χ3n) is 3.16.